The number of hydrogen-bond acceptors (Lipinski definition) is 1. The summed E-state index contributed by atoms with van der Waals surface area (Å²) in [5, 5.41) is 5.48. The molecule has 0 radical (unpaired) electrons. The van der Waals surface area contributed by atoms with E-state index in [4.69, 9.17) is 0 Å². The lowest BCUT2D eigenvalue weighted by atomic mass is 9.45. The van der Waals surface area contributed by atoms with Gasteiger partial charge in [0.2, 0.25) is 0 Å². The normalized spacial score (nSPS) is 14.4. The lowest BCUT2D eigenvalue weighted by Crippen LogP contribution is -2.56. The second-order valence-electron chi connectivity index (χ2n) is 20.8. The molecule has 2 aliphatic rings. The summed E-state index contributed by atoms with van der Waals surface area (Å²) in [7, 11) is 0. The maximum Gasteiger partial charge on any atom is 0.333 e. The van der Waals surface area contributed by atoms with Gasteiger partial charge in [-0.25, -0.2) is 0 Å². The van der Waals surface area contributed by atoms with E-state index in [1.807, 2.05) is 0 Å². The highest BCUT2D eigenvalue weighted by molar-refractivity contribution is 6.91. The van der Waals surface area contributed by atoms with Crippen molar-refractivity contribution in [3.8, 4) is 5.69 Å². The average molecular weight is 732 g/mol. The minimum atomic E-state index is -0.100. The lowest BCUT2D eigenvalue weighted by molar-refractivity contribution is 0.590. The molecule has 56 heavy (non-hydrogen) atoms. The van der Waals surface area contributed by atoms with Gasteiger partial charge in [0.1, 0.15) is 0 Å². The van der Waals surface area contributed by atoms with Gasteiger partial charge in [-0.15, -0.1) is 0 Å². The van der Waals surface area contributed by atoms with Crippen LogP contribution in [-0.4, -0.2) is 15.9 Å². The Hall–Kier alpha value is -5.22. The summed E-state index contributed by atoms with van der Waals surface area (Å²) < 4.78 is 5.33. The highest BCUT2D eigenvalue weighted by atomic mass is 15.2. The van der Waals surface area contributed by atoms with Crippen LogP contribution in [0, 0.1) is 0 Å². The number of rotatable bonds is 2. The number of benzene rings is 6. The van der Waals surface area contributed by atoms with Crippen molar-refractivity contribution >= 4 is 78.4 Å². The van der Waals surface area contributed by atoms with E-state index in [-0.39, 0.29) is 28.5 Å². The maximum absolute atomic E-state index is 2.75. The number of aromatic nitrogens is 2. The van der Waals surface area contributed by atoms with E-state index in [9.17, 15) is 0 Å². The molecule has 280 valence electrons. The van der Waals surface area contributed by atoms with Crippen LogP contribution in [0.5, 0.6) is 0 Å². The molecule has 6 aromatic carbocycles. The number of para-hydroxylation sites is 1. The first-order valence-corrected chi connectivity index (χ1v) is 20.6. The Morgan fingerprint density at radius 1 is 0.446 bits per heavy atom. The highest BCUT2D eigenvalue weighted by Crippen LogP contribution is 2.50. The fraction of sp³-hybridized carbons (Fsp3) is 0.308. The van der Waals surface area contributed by atoms with Crippen LogP contribution in [0.2, 0.25) is 0 Å². The molecular formula is C52H54BN3. The molecule has 4 heterocycles. The molecule has 2 aromatic heterocycles. The van der Waals surface area contributed by atoms with Crippen LogP contribution in [0.1, 0.15) is 105 Å². The van der Waals surface area contributed by atoms with E-state index in [2.05, 4.69) is 206 Å². The molecule has 8 aromatic rings. The average Bonchev–Trinajstić information content (AvgIpc) is 3.65. The standard InChI is InChI=1S/C52H54BN3/c1-49(2,3)31-18-22-35(23-19-31)54-41-25-21-33(51(7,8)9)29-39(41)53-46-43(54)27-26-42-44(46)45-47-37(36-28-32(50(4,5)6)20-24-40(36)56(47)53)30-38(52(10,11)12)48(45)55(42)34-16-14-13-15-17-34/h13-30H,1-12H3. The molecule has 0 bridgehead atoms. The predicted octanol–water partition coefficient (Wildman–Crippen LogP) is 12.8. The minimum Gasteiger partial charge on any atom is -0.375 e. The molecular weight excluding hydrogens is 677 g/mol. The smallest absolute Gasteiger partial charge is 0.333 e. The Kier molecular flexibility index (Phi) is 7.05. The fourth-order valence-corrected chi connectivity index (χ4v) is 9.85. The summed E-state index contributed by atoms with van der Waals surface area (Å²) in [6.45, 7) is 28.1. The molecule has 0 N–H and O–H groups in total. The topological polar surface area (TPSA) is 13.1 Å². The van der Waals surface area contributed by atoms with Gasteiger partial charge >= 0.3 is 6.85 Å². The van der Waals surface area contributed by atoms with E-state index in [0.717, 1.165) is 0 Å². The van der Waals surface area contributed by atoms with Crippen molar-refractivity contribution in [1.82, 2.24) is 9.05 Å². The van der Waals surface area contributed by atoms with Crippen molar-refractivity contribution in [2.45, 2.75) is 105 Å². The SMILES string of the molecule is CC(C)(C)c1ccc(N2c3ccc(C(C)(C)C)cc3B3c4c2ccc2c4c4c5c(cc(C(C)(C)C)c4n2-c2ccccc2)c2cc(C(C)(C)C)ccc2n53)cc1. The Balaban J connectivity index is 1.44. The highest BCUT2D eigenvalue weighted by Gasteiger charge is 2.44. The summed E-state index contributed by atoms with van der Waals surface area (Å²) in [6.07, 6.45) is 0. The number of fused-ring (bicyclic) bond motifs is 6. The molecule has 0 spiro atoms. The number of nitrogens with zero attached hydrogens (tertiary/aromatic N) is 3. The third-order valence-corrected chi connectivity index (χ3v) is 12.9. The Morgan fingerprint density at radius 3 is 1.68 bits per heavy atom. The first-order valence-electron chi connectivity index (χ1n) is 20.6. The molecule has 2 aliphatic heterocycles. The molecule has 0 amide bonds. The summed E-state index contributed by atoms with van der Waals surface area (Å²) in [4.78, 5) is 2.56. The summed E-state index contributed by atoms with van der Waals surface area (Å²) in [5.41, 5.74) is 18.4. The van der Waals surface area contributed by atoms with Gasteiger partial charge in [0.05, 0.1) is 11.0 Å². The van der Waals surface area contributed by atoms with Crippen LogP contribution in [0.25, 0.3) is 49.3 Å². The summed E-state index contributed by atoms with van der Waals surface area (Å²) in [6, 6.07) is 42.4. The van der Waals surface area contributed by atoms with Crippen molar-refractivity contribution in [2.75, 3.05) is 4.90 Å². The lowest BCUT2D eigenvalue weighted by Gasteiger charge is -2.40. The first-order chi connectivity index (χ1) is 26.3. The third-order valence-electron chi connectivity index (χ3n) is 12.9. The van der Waals surface area contributed by atoms with Gasteiger partial charge < -0.3 is 13.9 Å². The van der Waals surface area contributed by atoms with Gasteiger partial charge in [-0.1, -0.05) is 132 Å². The molecule has 0 fully saturated rings. The molecule has 3 nitrogen and oxygen atoms in total. The number of hydrogen-bond donors (Lipinski definition) is 0. The van der Waals surface area contributed by atoms with E-state index >= 15 is 0 Å². The van der Waals surface area contributed by atoms with E-state index in [1.54, 1.807) is 0 Å². The van der Waals surface area contributed by atoms with Crippen molar-refractivity contribution in [1.29, 1.82) is 0 Å². The van der Waals surface area contributed by atoms with Crippen molar-refractivity contribution in [2.24, 2.45) is 0 Å². The van der Waals surface area contributed by atoms with E-state index in [1.165, 1.54) is 99.5 Å². The van der Waals surface area contributed by atoms with Crippen molar-refractivity contribution < 1.29 is 0 Å². The fourth-order valence-electron chi connectivity index (χ4n) is 9.85. The molecule has 0 aliphatic carbocycles. The second kappa shape index (κ2) is 11.2. The Bertz CT molecular complexity index is 2930. The second-order valence-corrected chi connectivity index (χ2v) is 20.8. The van der Waals surface area contributed by atoms with Gasteiger partial charge in [-0.3, -0.25) is 0 Å². The first kappa shape index (κ1) is 35.2. The van der Waals surface area contributed by atoms with Gasteiger partial charge in [-0.2, -0.15) is 0 Å². The quantitative estimate of drug-likeness (QED) is 0.161. The summed E-state index contributed by atoms with van der Waals surface area (Å²) in [5.74, 6) is 0. The largest absolute Gasteiger partial charge is 0.375 e. The van der Waals surface area contributed by atoms with Crippen LogP contribution in [-0.2, 0) is 21.7 Å². The monoisotopic (exact) mass is 731 g/mol. The Labute approximate surface area is 333 Å². The van der Waals surface area contributed by atoms with Gasteiger partial charge in [-0.05, 0) is 116 Å². The van der Waals surface area contributed by atoms with E-state index < -0.39 is 0 Å². The zero-order valence-corrected chi connectivity index (χ0v) is 35.3. The molecule has 0 saturated heterocycles. The van der Waals surface area contributed by atoms with Crippen LogP contribution >= 0.6 is 0 Å². The van der Waals surface area contributed by atoms with Gasteiger partial charge in [0, 0.05) is 55.3 Å². The summed E-state index contributed by atoms with van der Waals surface area (Å²) >= 11 is 0. The number of anilines is 3. The predicted molar refractivity (Wildman–Crippen MR) is 244 cm³/mol. The maximum atomic E-state index is 2.75. The molecule has 4 heteroatoms. The van der Waals surface area contributed by atoms with Crippen molar-refractivity contribution in [3.05, 3.63) is 131 Å². The van der Waals surface area contributed by atoms with Crippen LogP contribution in [0.3, 0.4) is 0 Å². The molecule has 0 unspecified atom stereocenters. The van der Waals surface area contributed by atoms with Crippen LogP contribution in [0.15, 0.2) is 109 Å². The third kappa shape index (κ3) is 4.84. The molecule has 0 saturated carbocycles. The molecule has 10 rings (SSSR count). The Morgan fingerprint density at radius 2 is 1.04 bits per heavy atom. The van der Waals surface area contributed by atoms with Gasteiger partial charge in [0.25, 0.3) is 0 Å². The van der Waals surface area contributed by atoms with Crippen LogP contribution < -0.4 is 15.8 Å². The zero-order chi connectivity index (χ0) is 39.4. The van der Waals surface area contributed by atoms with Crippen LogP contribution in [0.4, 0.5) is 17.1 Å². The van der Waals surface area contributed by atoms with E-state index in [0.29, 0.717) is 0 Å². The zero-order valence-electron chi connectivity index (χ0n) is 35.3. The van der Waals surface area contributed by atoms with Crippen molar-refractivity contribution in [3.63, 3.8) is 0 Å². The minimum absolute atomic E-state index is 0.000560. The van der Waals surface area contributed by atoms with Gasteiger partial charge in [0.15, 0.2) is 0 Å². The molecule has 0 atom stereocenters.